The molecule has 3 rings (SSSR count). The molecule has 176 valence electrons. The molecule has 1 fully saturated rings. The van der Waals surface area contributed by atoms with Crippen molar-refractivity contribution >= 4 is 23.2 Å². The summed E-state index contributed by atoms with van der Waals surface area (Å²) in [6.07, 6.45) is 4.02. The molecule has 2 aliphatic heterocycles. The Morgan fingerprint density at radius 1 is 1.25 bits per heavy atom. The predicted octanol–water partition coefficient (Wildman–Crippen LogP) is 2.52. The van der Waals surface area contributed by atoms with Gasteiger partial charge in [-0.25, -0.2) is 0 Å². The third-order valence-corrected chi connectivity index (χ3v) is 6.08. The van der Waals surface area contributed by atoms with Gasteiger partial charge in [0.25, 0.3) is 5.69 Å². The van der Waals surface area contributed by atoms with Crippen molar-refractivity contribution in [2.45, 2.75) is 52.1 Å². The van der Waals surface area contributed by atoms with Crippen LogP contribution >= 0.6 is 0 Å². The van der Waals surface area contributed by atoms with Crippen molar-refractivity contribution in [2.24, 2.45) is 5.92 Å². The van der Waals surface area contributed by atoms with Crippen molar-refractivity contribution in [1.29, 1.82) is 0 Å². The van der Waals surface area contributed by atoms with Crippen LogP contribution < -0.4 is 10.2 Å². The maximum absolute atomic E-state index is 13.0. The quantitative estimate of drug-likeness (QED) is 0.355. The van der Waals surface area contributed by atoms with E-state index in [0.717, 1.165) is 43.4 Å². The fraction of sp³-hybridized carbons (Fsp3) is 0.652. The van der Waals surface area contributed by atoms with Crippen molar-refractivity contribution in [1.82, 2.24) is 10.2 Å². The normalized spacial score (nSPS) is 17.3. The van der Waals surface area contributed by atoms with Crippen LogP contribution in [0.5, 0.6) is 0 Å². The van der Waals surface area contributed by atoms with E-state index in [1.54, 1.807) is 17.0 Å². The molecule has 0 aromatic heterocycles. The number of carbonyl (C=O) groups excluding carboxylic acids is 2. The molecule has 2 amide bonds. The van der Waals surface area contributed by atoms with Gasteiger partial charge in [0.15, 0.2) is 0 Å². The van der Waals surface area contributed by atoms with E-state index in [9.17, 15) is 19.7 Å². The van der Waals surface area contributed by atoms with Gasteiger partial charge in [-0.2, -0.15) is 0 Å². The van der Waals surface area contributed by atoms with Crippen LogP contribution in [0.4, 0.5) is 11.4 Å². The monoisotopic (exact) mass is 446 g/mol. The van der Waals surface area contributed by atoms with Crippen molar-refractivity contribution in [3.8, 4) is 0 Å². The molecule has 1 aromatic rings. The standard InChI is InChI=1S/C23H34N4O5/c1-17(2)32-14-4-10-24-23(29)18-8-12-25(13-9-18)16-22(28)26-11-3-5-19-15-20(27(30)31)6-7-21(19)26/h6-7,15,17-18H,3-5,8-14,16H2,1-2H3,(H,24,29). The molecule has 0 atom stereocenters. The Morgan fingerprint density at radius 2 is 2.00 bits per heavy atom. The maximum atomic E-state index is 13.0. The number of fused-ring (bicyclic) bond motifs is 1. The molecule has 2 aliphatic rings. The average molecular weight is 447 g/mol. The summed E-state index contributed by atoms with van der Waals surface area (Å²) in [5.74, 6) is 0.0866. The van der Waals surface area contributed by atoms with Gasteiger partial charge in [0, 0.05) is 43.4 Å². The summed E-state index contributed by atoms with van der Waals surface area (Å²) in [5, 5.41) is 14.0. The largest absolute Gasteiger partial charge is 0.379 e. The van der Waals surface area contributed by atoms with Gasteiger partial charge in [-0.15, -0.1) is 0 Å². The highest BCUT2D eigenvalue weighted by atomic mass is 16.6. The second-order valence-electron chi connectivity index (χ2n) is 8.83. The van der Waals surface area contributed by atoms with E-state index < -0.39 is 4.92 Å². The number of non-ortho nitro benzene ring substituents is 1. The molecule has 1 N–H and O–H groups in total. The number of nitrogens with zero attached hydrogens (tertiary/aromatic N) is 3. The second-order valence-corrected chi connectivity index (χ2v) is 8.83. The first-order valence-corrected chi connectivity index (χ1v) is 11.5. The number of ether oxygens (including phenoxy) is 1. The van der Waals surface area contributed by atoms with E-state index in [4.69, 9.17) is 4.74 Å². The van der Waals surface area contributed by atoms with Gasteiger partial charge in [-0.05, 0) is 70.7 Å². The maximum Gasteiger partial charge on any atom is 0.269 e. The lowest BCUT2D eigenvalue weighted by molar-refractivity contribution is -0.384. The van der Waals surface area contributed by atoms with E-state index in [0.29, 0.717) is 39.3 Å². The Bertz CT molecular complexity index is 821. The number of hydrogen-bond acceptors (Lipinski definition) is 6. The number of rotatable bonds is 9. The SMILES string of the molecule is CC(C)OCCCNC(=O)C1CCN(CC(=O)N2CCCc3cc([N+](=O)[O-])ccc32)CC1. The van der Waals surface area contributed by atoms with Crippen molar-refractivity contribution in [3.63, 3.8) is 0 Å². The number of anilines is 1. The zero-order chi connectivity index (χ0) is 23.1. The van der Waals surface area contributed by atoms with E-state index in [-0.39, 0.29) is 29.5 Å². The van der Waals surface area contributed by atoms with Crippen molar-refractivity contribution in [2.75, 3.05) is 44.2 Å². The van der Waals surface area contributed by atoms with E-state index in [2.05, 4.69) is 10.2 Å². The zero-order valence-electron chi connectivity index (χ0n) is 19.0. The highest BCUT2D eigenvalue weighted by Crippen LogP contribution is 2.30. The third-order valence-electron chi connectivity index (χ3n) is 6.08. The Balaban J connectivity index is 1.44. The van der Waals surface area contributed by atoms with Crippen LogP contribution in [-0.4, -0.2) is 67.1 Å². The number of carbonyl (C=O) groups is 2. The fourth-order valence-electron chi connectivity index (χ4n) is 4.33. The van der Waals surface area contributed by atoms with Gasteiger partial charge in [0.1, 0.15) is 0 Å². The lowest BCUT2D eigenvalue weighted by Gasteiger charge is -2.34. The number of aryl methyl sites for hydroxylation is 1. The molecular weight excluding hydrogens is 412 g/mol. The van der Waals surface area contributed by atoms with Crippen LogP contribution in [0.15, 0.2) is 18.2 Å². The fourth-order valence-corrected chi connectivity index (χ4v) is 4.33. The summed E-state index contributed by atoms with van der Waals surface area (Å²) in [7, 11) is 0. The zero-order valence-corrected chi connectivity index (χ0v) is 19.0. The first-order valence-electron chi connectivity index (χ1n) is 11.5. The third kappa shape index (κ3) is 6.49. The number of nitrogens with one attached hydrogen (secondary N) is 1. The molecule has 0 unspecified atom stereocenters. The molecule has 0 radical (unpaired) electrons. The van der Waals surface area contributed by atoms with Crippen LogP contribution in [0.2, 0.25) is 0 Å². The molecule has 0 spiro atoms. The minimum Gasteiger partial charge on any atom is -0.379 e. The Labute approximate surface area is 189 Å². The predicted molar refractivity (Wildman–Crippen MR) is 122 cm³/mol. The van der Waals surface area contributed by atoms with Gasteiger partial charge in [0.2, 0.25) is 11.8 Å². The summed E-state index contributed by atoms with van der Waals surface area (Å²) in [6, 6.07) is 4.73. The molecule has 9 nitrogen and oxygen atoms in total. The van der Waals surface area contributed by atoms with Crippen LogP contribution in [-0.2, 0) is 20.7 Å². The highest BCUT2D eigenvalue weighted by Gasteiger charge is 2.29. The molecule has 9 heteroatoms. The molecule has 0 bridgehead atoms. The summed E-state index contributed by atoms with van der Waals surface area (Å²) in [6.45, 7) is 7.60. The minimum absolute atomic E-state index is 0.00728. The Morgan fingerprint density at radius 3 is 2.69 bits per heavy atom. The lowest BCUT2D eigenvalue weighted by atomic mass is 9.95. The first-order chi connectivity index (χ1) is 15.3. The van der Waals surface area contributed by atoms with Gasteiger partial charge >= 0.3 is 0 Å². The summed E-state index contributed by atoms with van der Waals surface area (Å²) < 4.78 is 5.48. The summed E-state index contributed by atoms with van der Waals surface area (Å²) in [4.78, 5) is 39.8. The van der Waals surface area contributed by atoms with Gasteiger partial charge in [-0.3, -0.25) is 24.6 Å². The highest BCUT2D eigenvalue weighted by molar-refractivity contribution is 5.96. The van der Waals surface area contributed by atoms with Crippen LogP contribution in [0.25, 0.3) is 0 Å². The first kappa shape index (κ1) is 24.1. The average Bonchev–Trinajstić information content (AvgIpc) is 2.78. The number of nitro benzene ring substituents is 1. The second kappa shape index (κ2) is 11.4. The molecule has 1 aromatic carbocycles. The molecule has 0 aliphatic carbocycles. The number of amides is 2. The number of benzene rings is 1. The lowest BCUT2D eigenvalue weighted by Crippen LogP contribution is -2.46. The summed E-state index contributed by atoms with van der Waals surface area (Å²) >= 11 is 0. The van der Waals surface area contributed by atoms with E-state index in [1.165, 1.54) is 6.07 Å². The number of hydrogen-bond donors (Lipinski definition) is 1. The molecule has 1 saturated heterocycles. The van der Waals surface area contributed by atoms with Crippen molar-refractivity contribution in [3.05, 3.63) is 33.9 Å². The Hall–Kier alpha value is -2.52. The van der Waals surface area contributed by atoms with E-state index >= 15 is 0 Å². The van der Waals surface area contributed by atoms with Crippen molar-refractivity contribution < 1.29 is 19.2 Å². The number of piperidine rings is 1. The smallest absolute Gasteiger partial charge is 0.269 e. The molecule has 2 heterocycles. The van der Waals surface area contributed by atoms with E-state index in [1.807, 2.05) is 13.8 Å². The van der Waals surface area contributed by atoms with Crippen LogP contribution in [0.3, 0.4) is 0 Å². The molecular formula is C23H34N4O5. The van der Waals surface area contributed by atoms with Gasteiger partial charge in [-0.1, -0.05) is 0 Å². The van der Waals surface area contributed by atoms with Gasteiger partial charge in [0.05, 0.1) is 17.6 Å². The number of likely N-dealkylation sites (tertiary alicyclic amines) is 1. The minimum atomic E-state index is -0.402. The molecule has 32 heavy (non-hydrogen) atoms. The topological polar surface area (TPSA) is 105 Å². The Kier molecular flexibility index (Phi) is 8.58. The number of nitro groups is 1. The van der Waals surface area contributed by atoms with Crippen LogP contribution in [0.1, 0.15) is 45.1 Å². The summed E-state index contributed by atoms with van der Waals surface area (Å²) in [5.41, 5.74) is 1.70. The molecule has 0 saturated carbocycles. The van der Waals surface area contributed by atoms with Gasteiger partial charge < -0.3 is 15.0 Å². The van der Waals surface area contributed by atoms with Crippen LogP contribution in [0, 0.1) is 16.0 Å².